The number of benzene rings is 1. The van der Waals surface area contributed by atoms with Crippen molar-refractivity contribution < 1.29 is 63.7 Å². The second kappa shape index (κ2) is 11.0. The first-order valence-corrected chi connectivity index (χ1v) is 10.2. The fourth-order valence-corrected chi connectivity index (χ4v) is 6.85. The molecule has 0 saturated carbocycles. The van der Waals surface area contributed by atoms with Crippen LogP contribution in [0.25, 0.3) is 0 Å². The summed E-state index contributed by atoms with van der Waals surface area (Å²) in [6.45, 7) is 14.0. The largest absolute Gasteiger partial charge is 4.00 e. The van der Waals surface area contributed by atoms with Crippen molar-refractivity contribution in [1.29, 1.82) is 0 Å². The predicted molar refractivity (Wildman–Crippen MR) is 90.7 cm³/mol. The molecule has 0 heterocycles. The Labute approximate surface area is 181 Å². The molecule has 0 fully saturated rings. The quantitative estimate of drug-likeness (QED) is 0.343. The predicted octanol–water partition coefficient (Wildman–Crippen LogP) is -5.52. The van der Waals surface area contributed by atoms with Gasteiger partial charge in [-0.15, -0.1) is 5.19 Å². The first kappa shape index (κ1) is 29.0. The Balaban J connectivity index is -0.00000110. The summed E-state index contributed by atoms with van der Waals surface area (Å²) in [7, 11) is 0.0716. The molecule has 0 bridgehead atoms. The fourth-order valence-electron chi connectivity index (χ4n) is 3.31. The second-order valence-corrected chi connectivity index (χ2v) is 10.6. The molecule has 0 unspecified atom stereocenters. The molecule has 2 rings (SSSR count). The number of rotatable bonds is 3. The van der Waals surface area contributed by atoms with Crippen LogP contribution in [0, 0.1) is 27.7 Å². The van der Waals surface area contributed by atoms with Crippen molar-refractivity contribution in [3.05, 3.63) is 46.5 Å². The summed E-state index contributed by atoms with van der Waals surface area (Å²) in [5, 5.41) is 3.08. The van der Waals surface area contributed by atoms with Crippen molar-refractivity contribution in [2.24, 2.45) is 0 Å². The van der Waals surface area contributed by atoms with Gasteiger partial charge < -0.3 is 42.0 Å². The summed E-state index contributed by atoms with van der Waals surface area (Å²) in [4.78, 5) is 0. The minimum absolute atomic E-state index is 0. The topological polar surface area (TPSA) is 9.23 Å². The zero-order valence-electron chi connectivity index (χ0n) is 15.4. The van der Waals surface area contributed by atoms with E-state index >= 15 is 0 Å². The molecule has 132 valence electrons. The summed E-state index contributed by atoms with van der Waals surface area (Å²) in [5.74, 6) is 0.932. The summed E-state index contributed by atoms with van der Waals surface area (Å²) in [6, 6.07) is 8.64. The second-order valence-electron chi connectivity index (χ2n) is 6.23. The number of halogens is 3. The molecule has 24 heavy (non-hydrogen) atoms. The van der Waals surface area contributed by atoms with Gasteiger partial charge in [0.2, 0.25) is 0 Å². The zero-order chi connectivity index (χ0) is 15.1. The molecule has 6 heteroatoms. The Hall–Kier alpha value is 0.171. The van der Waals surface area contributed by atoms with Crippen LogP contribution in [0.5, 0.6) is 5.75 Å². The van der Waals surface area contributed by atoms with Gasteiger partial charge in [0.15, 0.2) is 0 Å². The minimum Gasteiger partial charge on any atom is -1.00 e. The summed E-state index contributed by atoms with van der Waals surface area (Å²) < 4.78 is 5.27. The molecule has 0 saturated heterocycles. The summed E-state index contributed by atoms with van der Waals surface area (Å²) in [5.41, 5.74) is 5.91. The molecule has 2 aromatic carbocycles. The SMILES string of the molecule is COc1ccc([Si](C)(C)[c-]2c(C)c(C)c(C)c2C)cc1.[Cl-].[Cl-].[Cl-].[Ti+4]. The van der Waals surface area contributed by atoms with E-state index in [0.29, 0.717) is 0 Å². The van der Waals surface area contributed by atoms with Crippen LogP contribution in [-0.4, -0.2) is 15.2 Å². The molecular formula is C18H25Cl3OSiTi. The van der Waals surface area contributed by atoms with E-state index in [1.807, 2.05) is 0 Å². The van der Waals surface area contributed by atoms with Gasteiger partial charge in [-0.25, -0.2) is 0 Å². The molecule has 0 N–H and O–H groups in total. The van der Waals surface area contributed by atoms with Gasteiger partial charge in [-0.1, -0.05) is 58.1 Å². The summed E-state index contributed by atoms with van der Waals surface area (Å²) in [6.07, 6.45) is 0. The van der Waals surface area contributed by atoms with Gasteiger partial charge >= 0.3 is 21.7 Å². The monoisotopic (exact) mass is 438 g/mol. The Morgan fingerprint density at radius 2 is 1.17 bits per heavy atom. The van der Waals surface area contributed by atoms with E-state index in [1.165, 1.54) is 27.4 Å². The van der Waals surface area contributed by atoms with Crippen LogP contribution in [0.4, 0.5) is 0 Å². The fraction of sp³-hybridized carbons (Fsp3) is 0.389. The smallest absolute Gasteiger partial charge is 1.00 e. The molecule has 0 amide bonds. The molecule has 0 aliphatic carbocycles. The van der Waals surface area contributed by atoms with E-state index in [1.54, 1.807) is 12.3 Å². The Kier molecular flexibility index (Phi) is 13.3. The third-order valence-corrected chi connectivity index (χ3v) is 8.65. The number of hydrogen-bond acceptors (Lipinski definition) is 1. The molecule has 0 atom stereocenters. The Morgan fingerprint density at radius 1 is 0.792 bits per heavy atom. The molecule has 0 radical (unpaired) electrons. The molecule has 0 spiro atoms. The minimum atomic E-state index is -1.65. The maximum atomic E-state index is 5.27. The van der Waals surface area contributed by atoms with Gasteiger partial charge in [-0.2, -0.15) is 22.3 Å². The summed E-state index contributed by atoms with van der Waals surface area (Å²) >= 11 is 0. The Morgan fingerprint density at radius 3 is 1.50 bits per heavy atom. The van der Waals surface area contributed by atoms with Gasteiger partial charge in [0, 0.05) is 0 Å². The van der Waals surface area contributed by atoms with Gasteiger partial charge in [0.05, 0.1) is 15.2 Å². The van der Waals surface area contributed by atoms with E-state index in [-0.39, 0.29) is 58.9 Å². The van der Waals surface area contributed by atoms with Crippen molar-refractivity contribution in [3.8, 4) is 5.75 Å². The van der Waals surface area contributed by atoms with Gasteiger partial charge in [-0.3, -0.25) is 0 Å². The van der Waals surface area contributed by atoms with Crippen LogP contribution >= 0.6 is 0 Å². The van der Waals surface area contributed by atoms with Crippen LogP contribution in [-0.2, 0) is 21.7 Å². The van der Waals surface area contributed by atoms with Crippen molar-refractivity contribution >= 4 is 18.4 Å². The normalized spacial score (nSPS) is 9.79. The van der Waals surface area contributed by atoms with Gasteiger partial charge in [-0.05, 0) is 12.1 Å². The maximum Gasteiger partial charge on any atom is 4.00 e. The molecule has 1 nitrogen and oxygen atoms in total. The Bertz CT molecular complexity index is 611. The first-order valence-electron chi connectivity index (χ1n) is 7.18. The van der Waals surface area contributed by atoms with Crippen molar-refractivity contribution in [2.75, 3.05) is 7.11 Å². The van der Waals surface area contributed by atoms with Gasteiger partial charge in [0.25, 0.3) is 0 Å². The molecule has 0 aliphatic rings. The van der Waals surface area contributed by atoms with Crippen molar-refractivity contribution in [1.82, 2.24) is 0 Å². The first-order chi connectivity index (χ1) is 9.30. The van der Waals surface area contributed by atoms with E-state index < -0.39 is 8.07 Å². The molecular weight excluding hydrogens is 415 g/mol. The van der Waals surface area contributed by atoms with E-state index in [2.05, 4.69) is 65.1 Å². The zero-order valence-corrected chi connectivity index (χ0v) is 20.2. The van der Waals surface area contributed by atoms with E-state index in [9.17, 15) is 0 Å². The van der Waals surface area contributed by atoms with Crippen molar-refractivity contribution in [3.63, 3.8) is 0 Å². The molecule has 0 aromatic heterocycles. The third-order valence-electron chi connectivity index (χ3n) is 4.87. The number of methoxy groups -OCH3 is 1. The third kappa shape index (κ3) is 5.09. The average molecular weight is 440 g/mol. The molecule has 2 aromatic rings. The maximum absolute atomic E-state index is 5.27. The van der Waals surface area contributed by atoms with Crippen LogP contribution in [0.2, 0.25) is 13.1 Å². The van der Waals surface area contributed by atoms with E-state index in [4.69, 9.17) is 4.74 Å². The van der Waals surface area contributed by atoms with Crippen LogP contribution < -0.4 is 52.3 Å². The standard InChI is InChI=1S/C18H25OSi.3ClH.Ti/c1-12-13(2)15(4)18(14(12)3)20(6,7)17-10-8-16(19-5)9-11-17;;;;/h8-11H,1-7H3;3*1H;/q-1;;;;+4/p-3. The van der Waals surface area contributed by atoms with Gasteiger partial charge in [0.1, 0.15) is 5.75 Å². The van der Waals surface area contributed by atoms with Crippen molar-refractivity contribution in [2.45, 2.75) is 40.8 Å². The van der Waals surface area contributed by atoms with Crippen LogP contribution in [0.3, 0.4) is 0 Å². The van der Waals surface area contributed by atoms with E-state index in [0.717, 1.165) is 5.75 Å². The average Bonchev–Trinajstić information content (AvgIpc) is 2.63. The van der Waals surface area contributed by atoms with Crippen LogP contribution in [0.1, 0.15) is 22.3 Å². The number of hydrogen-bond donors (Lipinski definition) is 0. The molecule has 0 aliphatic heterocycles. The van der Waals surface area contributed by atoms with Crippen LogP contribution in [0.15, 0.2) is 24.3 Å². The number of ether oxygens (including phenoxy) is 1.